The molecule has 0 radical (unpaired) electrons. The van der Waals surface area contributed by atoms with E-state index in [1.54, 1.807) is 0 Å². The average Bonchev–Trinajstić information content (AvgIpc) is 2.49. The molecule has 1 aliphatic heterocycles. The first-order chi connectivity index (χ1) is 11.8. The maximum Gasteiger partial charge on any atom is 0.511 e. The predicted octanol–water partition coefficient (Wildman–Crippen LogP) is 0.380. The first-order valence-electron chi connectivity index (χ1n) is 8.11. The van der Waals surface area contributed by atoms with Crippen molar-refractivity contribution in [3.8, 4) is 0 Å². The third-order valence-electron chi connectivity index (χ3n) is 3.58. The zero-order valence-corrected chi connectivity index (χ0v) is 16.1. The molecule has 1 amide bonds. The maximum atomic E-state index is 12.6. The number of carbonyl (C=O) groups excluding carboxylic acids is 1. The molecule has 1 aliphatic rings. The van der Waals surface area contributed by atoms with Gasteiger partial charge in [0.2, 0.25) is 5.91 Å². The smallest absolute Gasteiger partial charge is 0.354 e. The van der Waals surface area contributed by atoms with E-state index >= 15 is 0 Å². The summed E-state index contributed by atoms with van der Waals surface area (Å²) in [5.74, 6) is 0.0951. The van der Waals surface area contributed by atoms with E-state index in [2.05, 4.69) is 20.9 Å². The highest BCUT2D eigenvalue weighted by Crippen LogP contribution is 2.28. The molecule has 1 fully saturated rings. The zero-order valence-electron chi connectivity index (χ0n) is 15.3. The van der Waals surface area contributed by atoms with Crippen molar-refractivity contribution >= 4 is 21.9 Å². The summed E-state index contributed by atoms with van der Waals surface area (Å²) in [6.45, 7) is 5.06. The third kappa shape index (κ3) is 6.63. The van der Waals surface area contributed by atoms with Gasteiger partial charge in [-0.05, 0) is 33.6 Å². The summed E-state index contributed by atoms with van der Waals surface area (Å²) in [6, 6.07) is -0.244. The Kier molecular flexibility index (Phi) is 7.28. The number of hydrogen-bond donors (Lipinski definition) is 3. The van der Waals surface area contributed by atoms with Crippen LogP contribution in [0, 0.1) is 0 Å². The summed E-state index contributed by atoms with van der Waals surface area (Å²) in [4.78, 5) is 15.7. The molecule has 0 atom stereocenters. The molecule has 12 heteroatoms. The normalized spacial score (nSPS) is 18.5. The Balaban J connectivity index is 2.49. The van der Waals surface area contributed by atoms with E-state index in [0.717, 1.165) is 0 Å². The molecule has 152 valence electrons. The molecule has 0 aromatic carbocycles. The van der Waals surface area contributed by atoms with Crippen molar-refractivity contribution in [3.63, 3.8) is 0 Å². The first kappa shape index (κ1) is 22.5. The molecule has 0 saturated carbocycles. The average molecular weight is 401 g/mol. The van der Waals surface area contributed by atoms with E-state index in [9.17, 15) is 26.4 Å². The second-order valence-electron chi connectivity index (χ2n) is 6.99. The van der Waals surface area contributed by atoms with Crippen LogP contribution in [0.15, 0.2) is 4.99 Å². The Bertz CT molecular complexity index is 621. The standard InChI is InChI=1S/C14H26F3N5O3S/c1-13(2,3)21-11(23)9-19-12(18-4)20-10-5-7-22(8-6-10)26(24,25)14(15,16)17/h10H,5-9H2,1-4H3,(H,21,23)(H2,18,19,20). The Hall–Kier alpha value is -1.56. The fourth-order valence-electron chi connectivity index (χ4n) is 2.40. The summed E-state index contributed by atoms with van der Waals surface area (Å²) in [5, 5.41) is 8.59. The van der Waals surface area contributed by atoms with Gasteiger partial charge in [0, 0.05) is 31.7 Å². The van der Waals surface area contributed by atoms with Crippen LogP contribution >= 0.6 is 0 Å². The molecule has 8 nitrogen and oxygen atoms in total. The number of carbonyl (C=O) groups is 1. The number of nitrogens with zero attached hydrogens (tertiary/aromatic N) is 2. The van der Waals surface area contributed by atoms with Crippen LogP contribution in [0.3, 0.4) is 0 Å². The molecule has 0 unspecified atom stereocenters. The summed E-state index contributed by atoms with van der Waals surface area (Å²) < 4.78 is 60.9. The Labute approximate surface area is 151 Å². The van der Waals surface area contributed by atoms with Gasteiger partial charge in [-0.3, -0.25) is 9.79 Å². The molecule has 0 aliphatic carbocycles. The number of halogens is 3. The maximum absolute atomic E-state index is 12.6. The molecule has 0 aromatic rings. The van der Waals surface area contributed by atoms with E-state index in [1.165, 1.54) is 7.05 Å². The van der Waals surface area contributed by atoms with Gasteiger partial charge in [0.25, 0.3) is 0 Å². The molecular weight excluding hydrogens is 375 g/mol. The summed E-state index contributed by atoms with van der Waals surface area (Å²) >= 11 is 0. The molecular formula is C14H26F3N5O3S. The van der Waals surface area contributed by atoms with E-state index < -0.39 is 15.5 Å². The highest BCUT2D eigenvalue weighted by Gasteiger charge is 2.50. The van der Waals surface area contributed by atoms with Crippen molar-refractivity contribution < 1.29 is 26.4 Å². The van der Waals surface area contributed by atoms with E-state index in [-0.39, 0.29) is 50.0 Å². The summed E-state index contributed by atoms with van der Waals surface area (Å²) in [7, 11) is -3.79. The molecule has 1 rings (SSSR count). The number of amides is 1. The SMILES string of the molecule is CN=C(NCC(=O)NC(C)(C)C)NC1CCN(S(=O)(=O)C(F)(F)F)CC1. The first-order valence-corrected chi connectivity index (χ1v) is 9.55. The molecule has 1 heterocycles. The lowest BCUT2D eigenvalue weighted by Crippen LogP contribution is -2.53. The van der Waals surface area contributed by atoms with Gasteiger partial charge in [-0.25, -0.2) is 8.42 Å². The predicted molar refractivity (Wildman–Crippen MR) is 92.0 cm³/mol. The number of piperidine rings is 1. The van der Waals surface area contributed by atoms with Crippen molar-refractivity contribution in [2.75, 3.05) is 26.7 Å². The van der Waals surface area contributed by atoms with Gasteiger partial charge in [-0.1, -0.05) is 0 Å². The lowest BCUT2D eigenvalue weighted by atomic mass is 10.1. The molecule has 3 N–H and O–H groups in total. The topological polar surface area (TPSA) is 103 Å². The van der Waals surface area contributed by atoms with Gasteiger partial charge < -0.3 is 16.0 Å². The largest absolute Gasteiger partial charge is 0.511 e. The second-order valence-corrected chi connectivity index (χ2v) is 8.92. The lowest BCUT2D eigenvalue weighted by Gasteiger charge is -2.32. The van der Waals surface area contributed by atoms with Gasteiger partial charge in [0.05, 0.1) is 6.54 Å². The van der Waals surface area contributed by atoms with Crippen molar-refractivity contribution in [2.24, 2.45) is 4.99 Å². The van der Waals surface area contributed by atoms with Crippen LogP contribution in [0.5, 0.6) is 0 Å². The Morgan fingerprint density at radius 1 is 1.19 bits per heavy atom. The number of guanidine groups is 1. The summed E-state index contributed by atoms with van der Waals surface area (Å²) in [5.41, 5.74) is -5.65. The lowest BCUT2D eigenvalue weighted by molar-refractivity contribution is -0.121. The Morgan fingerprint density at radius 2 is 1.73 bits per heavy atom. The number of rotatable bonds is 4. The number of aliphatic imine (C=N–C) groups is 1. The molecule has 26 heavy (non-hydrogen) atoms. The van der Waals surface area contributed by atoms with Gasteiger partial charge >= 0.3 is 15.5 Å². The highest BCUT2D eigenvalue weighted by molar-refractivity contribution is 7.90. The molecule has 0 spiro atoms. The van der Waals surface area contributed by atoms with Crippen LogP contribution in [0.25, 0.3) is 0 Å². The van der Waals surface area contributed by atoms with Crippen molar-refractivity contribution in [3.05, 3.63) is 0 Å². The van der Waals surface area contributed by atoms with Crippen LogP contribution in [0.2, 0.25) is 0 Å². The van der Waals surface area contributed by atoms with E-state index in [4.69, 9.17) is 0 Å². The number of hydrogen-bond acceptors (Lipinski definition) is 4. The van der Waals surface area contributed by atoms with Crippen LogP contribution in [0.4, 0.5) is 13.2 Å². The minimum atomic E-state index is -5.29. The van der Waals surface area contributed by atoms with Crippen LogP contribution in [0.1, 0.15) is 33.6 Å². The second kappa shape index (κ2) is 8.42. The fourth-order valence-corrected chi connectivity index (χ4v) is 3.39. The number of alkyl halides is 3. The third-order valence-corrected chi connectivity index (χ3v) is 5.21. The van der Waals surface area contributed by atoms with Crippen molar-refractivity contribution in [1.82, 2.24) is 20.3 Å². The number of nitrogens with one attached hydrogen (secondary N) is 3. The van der Waals surface area contributed by atoms with Gasteiger partial charge in [0.15, 0.2) is 5.96 Å². The van der Waals surface area contributed by atoms with Crippen LogP contribution in [-0.2, 0) is 14.8 Å². The van der Waals surface area contributed by atoms with E-state index in [0.29, 0.717) is 10.3 Å². The summed E-state index contributed by atoms with van der Waals surface area (Å²) in [6.07, 6.45) is 0.397. The van der Waals surface area contributed by atoms with Crippen molar-refractivity contribution in [2.45, 2.75) is 50.7 Å². The van der Waals surface area contributed by atoms with Gasteiger partial charge in [-0.2, -0.15) is 17.5 Å². The van der Waals surface area contributed by atoms with Gasteiger partial charge in [0.1, 0.15) is 0 Å². The monoisotopic (exact) mass is 401 g/mol. The molecule has 1 saturated heterocycles. The highest BCUT2D eigenvalue weighted by atomic mass is 32.2. The van der Waals surface area contributed by atoms with Gasteiger partial charge in [-0.15, -0.1) is 0 Å². The quantitative estimate of drug-likeness (QED) is 0.467. The van der Waals surface area contributed by atoms with Crippen LogP contribution < -0.4 is 16.0 Å². The number of sulfonamides is 1. The minimum Gasteiger partial charge on any atom is -0.354 e. The molecule has 0 aromatic heterocycles. The minimum absolute atomic E-state index is 0.0156. The molecule has 0 bridgehead atoms. The Morgan fingerprint density at radius 3 is 2.15 bits per heavy atom. The van der Waals surface area contributed by atoms with Crippen LogP contribution in [-0.4, -0.2) is 68.4 Å². The zero-order chi connectivity index (χ0) is 20.2. The van der Waals surface area contributed by atoms with Crippen molar-refractivity contribution in [1.29, 1.82) is 0 Å². The fraction of sp³-hybridized carbons (Fsp3) is 0.857. The van der Waals surface area contributed by atoms with E-state index in [1.807, 2.05) is 20.8 Å².